The van der Waals surface area contributed by atoms with E-state index in [9.17, 15) is 13.6 Å². The smallest absolute Gasteiger partial charge is 0.267 e. The molecule has 2 aromatic carbocycles. The molecule has 1 N–H and O–H groups in total. The van der Waals surface area contributed by atoms with Crippen LogP contribution in [-0.2, 0) is 13.0 Å². The van der Waals surface area contributed by atoms with Gasteiger partial charge in [0.05, 0.1) is 12.2 Å². The van der Waals surface area contributed by atoms with Crippen molar-refractivity contribution in [3.8, 4) is 22.6 Å². The molecule has 0 saturated heterocycles. The maximum absolute atomic E-state index is 13.5. The van der Waals surface area contributed by atoms with Gasteiger partial charge in [-0.05, 0) is 36.2 Å². The minimum atomic E-state index is -0.697. The zero-order valence-corrected chi connectivity index (χ0v) is 15.7. The molecule has 0 spiro atoms. The molecule has 0 fully saturated rings. The van der Waals surface area contributed by atoms with Crippen molar-refractivity contribution in [1.29, 1.82) is 0 Å². The van der Waals surface area contributed by atoms with Crippen LogP contribution in [0.4, 0.5) is 8.78 Å². The van der Waals surface area contributed by atoms with Gasteiger partial charge in [0, 0.05) is 35.2 Å². The Morgan fingerprint density at radius 1 is 1.00 bits per heavy atom. The molecular weight excluding hydrogens is 374 g/mol. The van der Waals surface area contributed by atoms with Crippen molar-refractivity contribution in [2.45, 2.75) is 19.9 Å². The molecule has 0 radical (unpaired) electrons. The van der Waals surface area contributed by atoms with Crippen molar-refractivity contribution < 1.29 is 8.78 Å². The van der Waals surface area contributed by atoms with E-state index in [1.54, 1.807) is 6.20 Å². The average molecular weight is 392 g/mol. The van der Waals surface area contributed by atoms with Crippen LogP contribution in [0.3, 0.4) is 0 Å². The van der Waals surface area contributed by atoms with Crippen molar-refractivity contribution in [3.63, 3.8) is 0 Å². The van der Waals surface area contributed by atoms with Gasteiger partial charge in [-0.1, -0.05) is 25.1 Å². The summed E-state index contributed by atoms with van der Waals surface area (Å²) in [6, 6.07) is 13.6. The standard InChI is InChI=1S/C22H18F2N4O/c1-2-19-12-25-22(26-19)15-5-3-4-14(8-15)13-28-21(29)7-6-20(27-28)16-9-17(23)11-18(24)10-16/h3-12H,2,13H2,1H3,(H,25,26). The number of aromatic amines is 1. The highest BCUT2D eigenvalue weighted by Crippen LogP contribution is 2.20. The minimum Gasteiger partial charge on any atom is -0.342 e. The Morgan fingerprint density at radius 2 is 1.79 bits per heavy atom. The number of benzene rings is 2. The lowest BCUT2D eigenvalue weighted by Crippen LogP contribution is -2.22. The fourth-order valence-electron chi connectivity index (χ4n) is 3.09. The van der Waals surface area contributed by atoms with Gasteiger partial charge in [-0.3, -0.25) is 4.79 Å². The summed E-state index contributed by atoms with van der Waals surface area (Å²) in [5.74, 6) is -0.637. The molecule has 2 aromatic heterocycles. The van der Waals surface area contributed by atoms with E-state index in [1.807, 2.05) is 31.2 Å². The number of nitrogens with one attached hydrogen (secondary N) is 1. The molecular formula is C22H18F2N4O. The van der Waals surface area contributed by atoms with Gasteiger partial charge in [-0.25, -0.2) is 18.4 Å². The van der Waals surface area contributed by atoms with Gasteiger partial charge in [0.25, 0.3) is 5.56 Å². The topological polar surface area (TPSA) is 63.6 Å². The number of nitrogens with zero attached hydrogens (tertiary/aromatic N) is 3. The number of hydrogen-bond acceptors (Lipinski definition) is 3. The van der Waals surface area contributed by atoms with Gasteiger partial charge < -0.3 is 4.98 Å². The summed E-state index contributed by atoms with van der Waals surface area (Å²) in [5.41, 5.74) is 3.08. The van der Waals surface area contributed by atoms with E-state index < -0.39 is 11.6 Å². The highest BCUT2D eigenvalue weighted by atomic mass is 19.1. The van der Waals surface area contributed by atoms with Crippen molar-refractivity contribution in [3.05, 3.63) is 94.0 Å². The lowest BCUT2D eigenvalue weighted by Gasteiger charge is -2.09. The number of aromatic nitrogens is 4. The van der Waals surface area contributed by atoms with Crippen LogP contribution in [0.2, 0.25) is 0 Å². The molecule has 0 atom stereocenters. The van der Waals surface area contributed by atoms with Crippen molar-refractivity contribution in [2.24, 2.45) is 0 Å². The first kappa shape index (κ1) is 18.7. The summed E-state index contributed by atoms with van der Waals surface area (Å²) in [6.45, 7) is 2.27. The van der Waals surface area contributed by atoms with Crippen LogP contribution in [-0.4, -0.2) is 19.7 Å². The summed E-state index contributed by atoms with van der Waals surface area (Å²) in [4.78, 5) is 19.9. The third-order valence-electron chi connectivity index (χ3n) is 4.57. The molecule has 29 heavy (non-hydrogen) atoms. The third kappa shape index (κ3) is 4.13. The van der Waals surface area contributed by atoms with E-state index in [0.717, 1.165) is 35.1 Å². The zero-order valence-electron chi connectivity index (χ0n) is 15.7. The van der Waals surface area contributed by atoms with E-state index in [1.165, 1.54) is 28.9 Å². The van der Waals surface area contributed by atoms with Crippen LogP contribution >= 0.6 is 0 Å². The van der Waals surface area contributed by atoms with Gasteiger partial charge in [0.15, 0.2) is 0 Å². The molecule has 4 aromatic rings. The molecule has 7 heteroatoms. The van der Waals surface area contributed by atoms with Crippen LogP contribution < -0.4 is 5.56 Å². The Kier molecular flexibility index (Phi) is 5.03. The Bertz CT molecular complexity index is 1210. The number of halogens is 2. The van der Waals surface area contributed by atoms with Crippen molar-refractivity contribution in [1.82, 2.24) is 19.7 Å². The summed E-state index contributed by atoms with van der Waals surface area (Å²) in [7, 11) is 0. The first-order valence-electron chi connectivity index (χ1n) is 9.19. The highest BCUT2D eigenvalue weighted by Gasteiger charge is 2.09. The molecule has 0 saturated carbocycles. The maximum atomic E-state index is 13.5. The zero-order chi connectivity index (χ0) is 20.4. The lowest BCUT2D eigenvalue weighted by molar-refractivity contribution is 0.583. The fourth-order valence-corrected chi connectivity index (χ4v) is 3.09. The normalized spacial score (nSPS) is 11.0. The first-order chi connectivity index (χ1) is 14.0. The monoisotopic (exact) mass is 392 g/mol. The third-order valence-corrected chi connectivity index (χ3v) is 4.57. The van der Waals surface area contributed by atoms with Crippen molar-refractivity contribution >= 4 is 0 Å². The number of H-pyrrole nitrogens is 1. The first-order valence-corrected chi connectivity index (χ1v) is 9.19. The van der Waals surface area contributed by atoms with Crippen LogP contribution in [0.1, 0.15) is 18.2 Å². The van der Waals surface area contributed by atoms with Gasteiger partial charge in [0.2, 0.25) is 0 Å². The van der Waals surface area contributed by atoms with Crippen LogP contribution in [0.5, 0.6) is 0 Å². The SMILES string of the molecule is CCc1cnc(-c2cccc(Cn3nc(-c4cc(F)cc(F)c4)ccc3=O)c2)[nH]1. The van der Waals surface area contributed by atoms with E-state index in [4.69, 9.17) is 0 Å². The molecule has 0 bridgehead atoms. The maximum Gasteiger partial charge on any atom is 0.267 e. The molecule has 146 valence electrons. The lowest BCUT2D eigenvalue weighted by atomic mass is 10.1. The Balaban J connectivity index is 1.66. The fraction of sp³-hybridized carbons (Fsp3) is 0.136. The van der Waals surface area contributed by atoms with Gasteiger partial charge >= 0.3 is 0 Å². The second-order valence-corrected chi connectivity index (χ2v) is 6.68. The van der Waals surface area contributed by atoms with E-state index in [0.29, 0.717) is 5.69 Å². The van der Waals surface area contributed by atoms with Crippen LogP contribution in [0.25, 0.3) is 22.6 Å². The van der Waals surface area contributed by atoms with Gasteiger partial charge in [-0.15, -0.1) is 0 Å². The molecule has 4 rings (SSSR count). The molecule has 0 amide bonds. The number of imidazole rings is 1. The van der Waals surface area contributed by atoms with E-state index >= 15 is 0 Å². The largest absolute Gasteiger partial charge is 0.342 e. The molecule has 2 heterocycles. The molecule has 0 aliphatic carbocycles. The average Bonchev–Trinajstić information content (AvgIpc) is 3.18. The summed E-state index contributed by atoms with van der Waals surface area (Å²) >= 11 is 0. The molecule has 5 nitrogen and oxygen atoms in total. The number of rotatable bonds is 5. The quantitative estimate of drug-likeness (QED) is 0.554. The summed E-state index contributed by atoms with van der Waals surface area (Å²) in [5, 5.41) is 4.29. The molecule has 0 aliphatic rings. The highest BCUT2D eigenvalue weighted by molar-refractivity contribution is 5.58. The van der Waals surface area contributed by atoms with Crippen LogP contribution in [0.15, 0.2) is 65.6 Å². The molecule has 0 unspecified atom stereocenters. The minimum absolute atomic E-state index is 0.222. The van der Waals surface area contributed by atoms with E-state index in [2.05, 4.69) is 15.1 Å². The predicted octanol–water partition coefficient (Wildman–Crippen LogP) is 4.19. The summed E-state index contributed by atoms with van der Waals surface area (Å²) in [6.07, 6.45) is 2.66. The van der Waals surface area contributed by atoms with Crippen molar-refractivity contribution in [2.75, 3.05) is 0 Å². The van der Waals surface area contributed by atoms with Gasteiger partial charge in [-0.2, -0.15) is 5.10 Å². The van der Waals surface area contributed by atoms with Crippen LogP contribution in [0, 0.1) is 11.6 Å². The van der Waals surface area contributed by atoms with Gasteiger partial charge in [0.1, 0.15) is 17.5 Å². The Labute approximate surface area is 165 Å². The number of hydrogen-bond donors (Lipinski definition) is 1. The second kappa shape index (κ2) is 7.79. The second-order valence-electron chi connectivity index (χ2n) is 6.68. The Hall–Kier alpha value is -3.61. The number of aryl methyl sites for hydroxylation is 1. The Morgan fingerprint density at radius 3 is 2.52 bits per heavy atom. The molecule has 0 aliphatic heterocycles. The van der Waals surface area contributed by atoms with E-state index in [-0.39, 0.29) is 17.7 Å². The predicted molar refractivity (Wildman–Crippen MR) is 106 cm³/mol. The summed E-state index contributed by atoms with van der Waals surface area (Å²) < 4.78 is 28.3.